The van der Waals surface area contributed by atoms with Gasteiger partial charge in [0.1, 0.15) is 5.83 Å². The van der Waals surface area contributed by atoms with Crippen LogP contribution in [0.1, 0.15) is 20.3 Å². The maximum absolute atomic E-state index is 12.8. The van der Waals surface area contributed by atoms with Gasteiger partial charge in [0, 0.05) is 11.5 Å². The minimum Gasteiger partial charge on any atom is -0.211 e. The Bertz CT molecular complexity index is 203. The molecule has 1 rings (SSSR count). The largest absolute Gasteiger partial charge is 0.211 e. The summed E-state index contributed by atoms with van der Waals surface area (Å²) in [5.41, 5.74) is 0.597. The molecule has 0 spiro atoms. The van der Waals surface area contributed by atoms with Crippen molar-refractivity contribution < 1.29 is 4.39 Å². The van der Waals surface area contributed by atoms with Crippen LogP contribution in [0.2, 0.25) is 0 Å². The van der Waals surface area contributed by atoms with Crippen LogP contribution in [0.3, 0.4) is 0 Å². The van der Waals surface area contributed by atoms with E-state index >= 15 is 0 Å². The zero-order valence-corrected chi connectivity index (χ0v) is 6.87. The van der Waals surface area contributed by atoms with Crippen LogP contribution in [0.15, 0.2) is 22.5 Å². The quantitative estimate of drug-likeness (QED) is 0.510. The van der Waals surface area contributed by atoms with E-state index in [0.717, 1.165) is 0 Å². The Kier molecular flexibility index (Phi) is 2.14. The molecular formula is C8H10ClF. The molecule has 0 saturated carbocycles. The Balaban J connectivity index is 2.90. The molecule has 1 atom stereocenters. The molecule has 0 aromatic heterocycles. The first-order valence-corrected chi connectivity index (χ1v) is 3.72. The molecule has 1 unspecified atom stereocenters. The predicted molar refractivity (Wildman–Crippen MR) is 41.5 cm³/mol. The summed E-state index contributed by atoms with van der Waals surface area (Å²) < 4.78 is 12.8. The number of halogens is 2. The van der Waals surface area contributed by atoms with E-state index in [0.29, 0.717) is 17.0 Å². The van der Waals surface area contributed by atoms with E-state index in [-0.39, 0.29) is 11.7 Å². The zero-order valence-electron chi connectivity index (χ0n) is 6.12. The first kappa shape index (κ1) is 7.80. The SMILES string of the molecule is CC1=C(F)CC(C)C=C1Cl. The fourth-order valence-corrected chi connectivity index (χ4v) is 1.32. The lowest BCUT2D eigenvalue weighted by Gasteiger charge is -2.14. The van der Waals surface area contributed by atoms with Gasteiger partial charge < -0.3 is 0 Å². The van der Waals surface area contributed by atoms with Crippen molar-refractivity contribution in [3.63, 3.8) is 0 Å². The monoisotopic (exact) mass is 160 g/mol. The van der Waals surface area contributed by atoms with Gasteiger partial charge in [-0.25, -0.2) is 4.39 Å². The minimum atomic E-state index is -0.0694. The molecular weight excluding hydrogens is 151 g/mol. The number of allylic oxidation sites excluding steroid dienone is 4. The Morgan fingerprint density at radius 2 is 2.30 bits per heavy atom. The van der Waals surface area contributed by atoms with Crippen molar-refractivity contribution in [3.8, 4) is 0 Å². The lowest BCUT2D eigenvalue weighted by atomic mass is 9.98. The van der Waals surface area contributed by atoms with Crippen molar-refractivity contribution in [1.29, 1.82) is 0 Å². The maximum Gasteiger partial charge on any atom is 0.105 e. The second-order valence-corrected chi connectivity index (χ2v) is 3.13. The Morgan fingerprint density at radius 3 is 2.80 bits per heavy atom. The van der Waals surface area contributed by atoms with E-state index in [1.54, 1.807) is 6.92 Å². The van der Waals surface area contributed by atoms with Crippen LogP contribution in [0, 0.1) is 5.92 Å². The van der Waals surface area contributed by atoms with Crippen LogP contribution in [-0.2, 0) is 0 Å². The molecule has 56 valence electrons. The highest BCUT2D eigenvalue weighted by Gasteiger charge is 2.14. The fraction of sp³-hybridized carbons (Fsp3) is 0.500. The van der Waals surface area contributed by atoms with Gasteiger partial charge in [0.05, 0.1) is 0 Å². The van der Waals surface area contributed by atoms with Gasteiger partial charge in [0.2, 0.25) is 0 Å². The van der Waals surface area contributed by atoms with Gasteiger partial charge in [-0.1, -0.05) is 24.6 Å². The average Bonchev–Trinajstić information content (AvgIpc) is 1.82. The summed E-state index contributed by atoms with van der Waals surface area (Å²) in [5.74, 6) is 0.177. The van der Waals surface area contributed by atoms with Gasteiger partial charge in [-0.3, -0.25) is 0 Å². The second kappa shape index (κ2) is 2.75. The molecule has 0 fully saturated rings. The Labute approximate surface area is 65.4 Å². The standard InChI is InChI=1S/C8H10ClF/c1-5-3-7(9)6(2)8(10)4-5/h3,5H,4H2,1-2H3. The second-order valence-electron chi connectivity index (χ2n) is 2.73. The third-order valence-electron chi connectivity index (χ3n) is 1.70. The van der Waals surface area contributed by atoms with Gasteiger partial charge in [-0.05, 0) is 18.4 Å². The van der Waals surface area contributed by atoms with Crippen molar-refractivity contribution in [2.24, 2.45) is 5.92 Å². The molecule has 0 aromatic rings. The van der Waals surface area contributed by atoms with E-state index in [1.165, 1.54) is 0 Å². The summed E-state index contributed by atoms with van der Waals surface area (Å²) in [7, 11) is 0. The Morgan fingerprint density at radius 1 is 1.70 bits per heavy atom. The lowest BCUT2D eigenvalue weighted by molar-refractivity contribution is 0.525. The van der Waals surface area contributed by atoms with E-state index in [4.69, 9.17) is 11.6 Å². The topological polar surface area (TPSA) is 0 Å². The van der Waals surface area contributed by atoms with Gasteiger partial charge >= 0.3 is 0 Å². The molecule has 1 aliphatic carbocycles. The molecule has 0 aliphatic heterocycles. The molecule has 0 aromatic carbocycles. The van der Waals surface area contributed by atoms with E-state index in [9.17, 15) is 4.39 Å². The number of hydrogen-bond donors (Lipinski definition) is 0. The summed E-state index contributed by atoms with van der Waals surface area (Å²) in [6, 6.07) is 0. The highest BCUT2D eigenvalue weighted by molar-refractivity contribution is 6.32. The van der Waals surface area contributed by atoms with Crippen molar-refractivity contribution in [2.45, 2.75) is 20.3 Å². The summed E-state index contributed by atoms with van der Waals surface area (Å²) in [5, 5.41) is 0.566. The summed E-state index contributed by atoms with van der Waals surface area (Å²) in [6.07, 6.45) is 2.39. The summed E-state index contributed by atoms with van der Waals surface area (Å²) in [4.78, 5) is 0. The normalized spacial score (nSPS) is 26.8. The Hall–Kier alpha value is -0.300. The lowest BCUT2D eigenvalue weighted by Crippen LogP contribution is -1.99. The molecule has 0 bridgehead atoms. The van der Waals surface area contributed by atoms with E-state index in [2.05, 4.69) is 0 Å². The van der Waals surface area contributed by atoms with Gasteiger partial charge in [0.25, 0.3) is 0 Å². The summed E-state index contributed by atoms with van der Waals surface area (Å²) >= 11 is 5.72. The van der Waals surface area contributed by atoms with Crippen LogP contribution in [0.4, 0.5) is 4.39 Å². The molecule has 0 radical (unpaired) electrons. The van der Waals surface area contributed by atoms with Crippen LogP contribution in [0.25, 0.3) is 0 Å². The van der Waals surface area contributed by atoms with Crippen LogP contribution in [0.5, 0.6) is 0 Å². The third kappa shape index (κ3) is 1.40. The first-order chi connectivity index (χ1) is 4.61. The van der Waals surface area contributed by atoms with Crippen molar-refractivity contribution in [3.05, 3.63) is 22.5 Å². The third-order valence-corrected chi connectivity index (χ3v) is 2.11. The molecule has 0 saturated heterocycles. The zero-order chi connectivity index (χ0) is 7.72. The van der Waals surface area contributed by atoms with Gasteiger partial charge in [-0.15, -0.1) is 0 Å². The van der Waals surface area contributed by atoms with Gasteiger partial charge in [0.15, 0.2) is 0 Å². The molecule has 10 heavy (non-hydrogen) atoms. The maximum atomic E-state index is 12.8. The number of hydrogen-bond acceptors (Lipinski definition) is 0. The molecule has 0 amide bonds. The van der Waals surface area contributed by atoms with Crippen molar-refractivity contribution in [2.75, 3.05) is 0 Å². The highest BCUT2D eigenvalue weighted by Crippen LogP contribution is 2.30. The summed E-state index contributed by atoms with van der Waals surface area (Å²) in [6.45, 7) is 3.66. The number of rotatable bonds is 0. The van der Waals surface area contributed by atoms with E-state index in [1.807, 2.05) is 13.0 Å². The van der Waals surface area contributed by atoms with Crippen LogP contribution in [-0.4, -0.2) is 0 Å². The molecule has 0 heterocycles. The first-order valence-electron chi connectivity index (χ1n) is 3.34. The van der Waals surface area contributed by atoms with Crippen LogP contribution >= 0.6 is 11.6 Å². The molecule has 0 nitrogen and oxygen atoms in total. The predicted octanol–water partition coefficient (Wildman–Crippen LogP) is 3.39. The molecule has 0 N–H and O–H groups in total. The van der Waals surface area contributed by atoms with Crippen molar-refractivity contribution in [1.82, 2.24) is 0 Å². The van der Waals surface area contributed by atoms with Gasteiger partial charge in [-0.2, -0.15) is 0 Å². The van der Waals surface area contributed by atoms with Crippen molar-refractivity contribution >= 4 is 11.6 Å². The van der Waals surface area contributed by atoms with Crippen LogP contribution < -0.4 is 0 Å². The van der Waals surface area contributed by atoms with E-state index < -0.39 is 0 Å². The molecule has 2 heteroatoms. The fourth-order valence-electron chi connectivity index (χ4n) is 0.999. The smallest absolute Gasteiger partial charge is 0.105 e. The average molecular weight is 161 g/mol. The molecule has 1 aliphatic rings. The minimum absolute atomic E-state index is 0.0694. The highest BCUT2D eigenvalue weighted by atomic mass is 35.5.